The van der Waals surface area contributed by atoms with Gasteiger partial charge in [0.2, 0.25) is 0 Å². The fraction of sp³-hybridized carbons (Fsp3) is 1.00. The highest BCUT2D eigenvalue weighted by Crippen LogP contribution is 1.93. The Morgan fingerprint density at radius 3 is 2.69 bits per heavy atom. The molecule has 0 aromatic carbocycles. The summed E-state index contributed by atoms with van der Waals surface area (Å²) in [7, 11) is 1.87. The van der Waals surface area contributed by atoms with E-state index in [9.17, 15) is 4.91 Å². The highest BCUT2D eigenvalue weighted by molar-refractivity contribution is 4.57. The van der Waals surface area contributed by atoms with Gasteiger partial charge in [0.25, 0.3) is 0 Å². The SMILES string of the molecule is CNCCCNN(N=O)C(C)CO. The summed E-state index contributed by atoms with van der Waals surface area (Å²) < 4.78 is 0. The first kappa shape index (κ1) is 12.3. The second-order valence-electron chi connectivity index (χ2n) is 2.82. The highest BCUT2D eigenvalue weighted by atomic mass is 16.3. The number of aliphatic hydroxyl groups excluding tert-OH is 1. The summed E-state index contributed by atoms with van der Waals surface area (Å²) in [6.45, 7) is 3.17. The minimum absolute atomic E-state index is 0.0925. The molecule has 0 aliphatic rings. The average Bonchev–Trinajstić information content (AvgIpc) is 2.17. The van der Waals surface area contributed by atoms with Crippen LogP contribution in [0.2, 0.25) is 0 Å². The third-order valence-electron chi connectivity index (χ3n) is 1.65. The van der Waals surface area contributed by atoms with Crippen molar-refractivity contribution < 1.29 is 5.11 Å². The van der Waals surface area contributed by atoms with Gasteiger partial charge in [0.1, 0.15) is 0 Å². The number of aliphatic hydroxyl groups is 1. The summed E-state index contributed by atoms with van der Waals surface area (Å²) in [5.74, 6) is 0. The standard InChI is InChI=1S/C7H18N4O2/c1-7(6-12)11(10-13)9-5-3-4-8-2/h7-9,12H,3-6H2,1-2H3. The molecule has 0 aliphatic heterocycles. The number of nitrogens with zero attached hydrogens (tertiary/aromatic N) is 2. The molecule has 0 rings (SSSR count). The number of hydrogen-bond acceptors (Lipinski definition) is 5. The molecular weight excluding hydrogens is 172 g/mol. The van der Waals surface area contributed by atoms with Crippen LogP contribution in [0.4, 0.5) is 0 Å². The molecular formula is C7H18N4O2. The minimum atomic E-state index is -0.285. The largest absolute Gasteiger partial charge is 0.394 e. The van der Waals surface area contributed by atoms with Crippen LogP contribution in [-0.2, 0) is 0 Å². The van der Waals surface area contributed by atoms with Crippen molar-refractivity contribution in [2.45, 2.75) is 19.4 Å². The molecule has 0 bridgehead atoms. The lowest BCUT2D eigenvalue weighted by Gasteiger charge is -2.21. The zero-order valence-electron chi connectivity index (χ0n) is 8.16. The van der Waals surface area contributed by atoms with Gasteiger partial charge in [-0.1, -0.05) is 0 Å². The second-order valence-corrected chi connectivity index (χ2v) is 2.82. The van der Waals surface area contributed by atoms with E-state index in [-0.39, 0.29) is 12.6 Å². The molecule has 1 atom stereocenters. The van der Waals surface area contributed by atoms with Crippen LogP contribution in [0, 0.1) is 4.91 Å². The Morgan fingerprint density at radius 1 is 1.54 bits per heavy atom. The van der Waals surface area contributed by atoms with Crippen LogP contribution in [0.15, 0.2) is 5.29 Å². The molecule has 13 heavy (non-hydrogen) atoms. The molecule has 0 fully saturated rings. The van der Waals surface area contributed by atoms with Crippen molar-refractivity contribution in [1.29, 1.82) is 0 Å². The summed E-state index contributed by atoms with van der Waals surface area (Å²) in [4.78, 5) is 10.3. The van der Waals surface area contributed by atoms with Gasteiger partial charge >= 0.3 is 0 Å². The van der Waals surface area contributed by atoms with Gasteiger partial charge in [-0.15, -0.1) is 4.91 Å². The van der Waals surface area contributed by atoms with Crippen molar-refractivity contribution in [2.75, 3.05) is 26.7 Å². The Morgan fingerprint density at radius 2 is 2.23 bits per heavy atom. The fourth-order valence-electron chi connectivity index (χ4n) is 0.801. The first-order valence-corrected chi connectivity index (χ1v) is 4.37. The third kappa shape index (κ3) is 5.51. The van der Waals surface area contributed by atoms with Crippen molar-refractivity contribution in [1.82, 2.24) is 15.9 Å². The van der Waals surface area contributed by atoms with Gasteiger partial charge in [0.05, 0.1) is 17.9 Å². The zero-order valence-corrected chi connectivity index (χ0v) is 8.16. The molecule has 0 amide bonds. The molecule has 6 nitrogen and oxygen atoms in total. The number of rotatable bonds is 8. The first-order chi connectivity index (χ1) is 6.26. The van der Waals surface area contributed by atoms with Crippen molar-refractivity contribution in [3.63, 3.8) is 0 Å². The van der Waals surface area contributed by atoms with Crippen molar-refractivity contribution in [3.8, 4) is 0 Å². The first-order valence-electron chi connectivity index (χ1n) is 4.37. The van der Waals surface area contributed by atoms with E-state index in [0.29, 0.717) is 6.54 Å². The lowest BCUT2D eigenvalue weighted by molar-refractivity contribution is 0.0867. The van der Waals surface area contributed by atoms with Crippen LogP contribution >= 0.6 is 0 Å². The molecule has 1 unspecified atom stereocenters. The summed E-state index contributed by atoms with van der Waals surface area (Å²) >= 11 is 0. The van der Waals surface area contributed by atoms with Gasteiger partial charge in [-0.05, 0) is 26.9 Å². The van der Waals surface area contributed by atoms with Crippen LogP contribution < -0.4 is 10.7 Å². The van der Waals surface area contributed by atoms with E-state index in [4.69, 9.17) is 5.11 Å². The molecule has 6 heteroatoms. The number of hydrogen-bond donors (Lipinski definition) is 3. The van der Waals surface area contributed by atoms with Gasteiger partial charge in [-0.3, -0.25) is 0 Å². The lowest BCUT2D eigenvalue weighted by atomic mass is 10.4. The summed E-state index contributed by atoms with van der Waals surface area (Å²) in [6, 6.07) is -0.285. The van der Waals surface area contributed by atoms with Crippen molar-refractivity contribution in [2.24, 2.45) is 5.29 Å². The predicted molar refractivity (Wildman–Crippen MR) is 50.7 cm³/mol. The lowest BCUT2D eigenvalue weighted by Crippen LogP contribution is -2.42. The van der Waals surface area contributed by atoms with Gasteiger partial charge in [-0.2, -0.15) is 5.12 Å². The Bertz CT molecular complexity index is 134. The van der Waals surface area contributed by atoms with E-state index < -0.39 is 0 Å². The average molecular weight is 190 g/mol. The molecule has 3 N–H and O–H groups in total. The van der Waals surface area contributed by atoms with E-state index >= 15 is 0 Å². The summed E-state index contributed by atoms with van der Waals surface area (Å²) in [5, 5.41) is 15.6. The van der Waals surface area contributed by atoms with E-state index in [1.54, 1.807) is 6.92 Å². The summed E-state index contributed by atoms with van der Waals surface area (Å²) in [6.07, 6.45) is 0.903. The maximum absolute atomic E-state index is 10.3. The molecule has 0 spiro atoms. The van der Waals surface area contributed by atoms with Crippen molar-refractivity contribution in [3.05, 3.63) is 4.91 Å². The Kier molecular flexibility index (Phi) is 7.47. The maximum atomic E-state index is 10.3. The predicted octanol–water partition coefficient (Wildman–Crippen LogP) is -0.535. The van der Waals surface area contributed by atoms with Crippen LogP contribution in [0.1, 0.15) is 13.3 Å². The van der Waals surface area contributed by atoms with Crippen LogP contribution in [-0.4, -0.2) is 43.0 Å². The second kappa shape index (κ2) is 7.90. The van der Waals surface area contributed by atoms with Crippen molar-refractivity contribution >= 4 is 0 Å². The fourth-order valence-corrected chi connectivity index (χ4v) is 0.801. The smallest absolute Gasteiger partial charge is 0.0877 e. The van der Waals surface area contributed by atoms with E-state index in [0.717, 1.165) is 18.1 Å². The van der Waals surface area contributed by atoms with Gasteiger partial charge in [0.15, 0.2) is 0 Å². The number of nitroso groups, excluding NO2 is 1. The molecule has 0 aromatic rings. The molecule has 0 heterocycles. The van der Waals surface area contributed by atoms with Crippen LogP contribution in [0.5, 0.6) is 0 Å². The molecule has 0 aromatic heterocycles. The number of hydrazine groups is 1. The zero-order chi connectivity index (χ0) is 10.1. The normalized spacial score (nSPS) is 12.5. The molecule has 0 saturated carbocycles. The van der Waals surface area contributed by atoms with E-state index in [1.165, 1.54) is 0 Å². The van der Waals surface area contributed by atoms with Crippen LogP contribution in [0.3, 0.4) is 0 Å². The van der Waals surface area contributed by atoms with Gasteiger partial charge < -0.3 is 10.4 Å². The van der Waals surface area contributed by atoms with E-state index in [2.05, 4.69) is 16.0 Å². The Labute approximate surface area is 78.2 Å². The van der Waals surface area contributed by atoms with Crippen LogP contribution in [0.25, 0.3) is 0 Å². The summed E-state index contributed by atoms with van der Waals surface area (Å²) in [5.41, 5.74) is 2.81. The Hall–Kier alpha value is -0.720. The quantitative estimate of drug-likeness (QED) is 0.272. The van der Waals surface area contributed by atoms with E-state index in [1.807, 2.05) is 7.05 Å². The maximum Gasteiger partial charge on any atom is 0.0877 e. The van der Waals surface area contributed by atoms with Gasteiger partial charge in [-0.25, -0.2) is 5.43 Å². The highest BCUT2D eigenvalue weighted by Gasteiger charge is 2.10. The molecule has 0 radical (unpaired) electrons. The topological polar surface area (TPSA) is 77.0 Å². The monoisotopic (exact) mass is 190 g/mol. The molecule has 0 aliphatic carbocycles. The third-order valence-corrected chi connectivity index (χ3v) is 1.65. The minimum Gasteiger partial charge on any atom is -0.394 e. The van der Waals surface area contributed by atoms with Gasteiger partial charge in [0, 0.05) is 6.54 Å². The number of nitrogens with one attached hydrogen (secondary N) is 2. The Balaban J connectivity index is 3.53. The molecule has 78 valence electrons. The molecule has 0 saturated heterocycles.